The van der Waals surface area contributed by atoms with Gasteiger partial charge in [-0.15, -0.1) is 0 Å². The molecule has 52 heavy (non-hydrogen) atoms. The van der Waals surface area contributed by atoms with Gasteiger partial charge in [-0.1, -0.05) is 74.2 Å². The summed E-state index contributed by atoms with van der Waals surface area (Å²) >= 11 is 12.2. The fourth-order valence-electron chi connectivity index (χ4n) is 5.66. The number of amides is 2. The summed E-state index contributed by atoms with van der Waals surface area (Å²) in [4.78, 5) is 40.9. The normalized spacial score (nSPS) is 15.8. The Kier molecular flexibility index (Phi) is 12.2. The van der Waals surface area contributed by atoms with Crippen molar-refractivity contribution in [2.24, 2.45) is 9.98 Å². The third-order valence-corrected chi connectivity index (χ3v) is 9.05. The SMILES string of the molecule is CCCCOc1ccc(C2=N/C(=C\c3ccc(Cl)cc3)C(=O)N2CCN2C(=O)/C(=C\c3ccc(Cl)cc3)N=C2c2ccc(OCCCC)cc2)cc1. The fraction of sp³-hybridized carbons (Fsp3) is 0.238. The third kappa shape index (κ3) is 8.99. The maximum atomic E-state index is 14.0. The van der Waals surface area contributed by atoms with Crippen molar-refractivity contribution < 1.29 is 19.1 Å². The van der Waals surface area contributed by atoms with Crippen molar-refractivity contribution in [3.05, 3.63) is 141 Å². The Bertz CT molecular complexity index is 1860. The van der Waals surface area contributed by atoms with Crippen LogP contribution in [0.25, 0.3) is 12.2 Å². The van der Waals surface area contributed by atoms with E-state index in [1.54, 1.807) is 46.2 Å². The molecule has 6 rings (SSSR count). The van der Waals surface area contributed by atoms with E-state index in [0.717, 1.165) is 59.4 Å². The van der Waals surface area contributed by atoms with Gasteiger partial charge in [-0.3, -0.25) is 19.4 Å². The molecule has 0 aromatic heterocycles. The zero-order chi connectivity index (χ0) is 36.5. The molecule has 10 heteroatoms. The van der Waals surface area contributed by atoms with Gasteiger partial charge in [-0.05, 0) is 109 Å². The van der Waals surface area contributed by atoms with Crippen molar-refractivity contribution in [3.63, 3.8) is 0 Å². The van der Waals surface area contributed by atoms with Crippen LogP contribution in [-0.2, 0) is 9.59 Å². The first-order valence-electron chi connectivity index (χ1n) is 17.5. The van der Waals surface area contributed by atoms with Gasteiger partial charge in [-0.25, -0.2) is 9.98 Å². The number of carbonyl (C=O) groups excluding carboxylic acids is 2. The van der Waals surface area contributed by atoms with Gasteiger partial charge >= 0.3 is 0 Å². The molecule has 0 atom stereocenters. The summed E-state index contributed by atoms with van der Waals surface area (Å²) in [6.45, 7) is 5.83. The van der Waals surface area contributed by atoms with Gasteiger partial charge < -0.3 is 9.47 Å². The molecule has 4 aromatic carbocycles. The molecular formula is C42H40Cl2N4O4. The van der Waals surface area contributed by atoms with Crippen LogP contribution in [0.2, 0.25) is 10.0 Å². The summed E-state index contributed by atoms with van der Waals surface area (Å²) in [5.41, 5.74) is 3.65. The number of hydrogen-bond acceptors (Lipinski definition) is 6. The molecule has 0 N–H and O–H groups in total. The van der Waals surface area contributed by atoms with E-state index in [2.05, 4.69) is 13.8 Å². The highest BCUT2D eigenvalue weighted by Gasteiger charge is 2.35. The van der Waals surface area contributed by atoms with E-state index in [1.165, 1.54) is 0 Å². The van der Waals surface area contributed by atoms with Crippen LogP contribution in [0.5, 0.6) is 11.5 Å². The maximum Gasteiger partial charge on any atom is 0.278 e. The quantitative estimate of drug-likeness (QED) is 0.0901. The number of ether oxygens (including phenoxy) is 2. The Balaban J connectivity index is 1.29. The largest absolute Gasteiger partial charge is 0.494 e. The van der Waals surface area contributed by atoms with Crippen molar-refractivity contribution in [3.8, 4) is 11.5 Å². The minimum atomic E-state index is -0.274. The van der Waals surface area contributed by atoms with Crippen LogP contribution in [-0.4, -0.2) is 59.6 Å². The minimum absolute atomic E-state index is 0.168. The molecule has 0 saturated carbocycles. The van der Waals surface area contributed by atoms with Crippen LogP contribution in [0.15, 0.2) is 118 Å². The van der Waals surface area contributed by atoms with Crippen LogP contribution < -0.4 is 9.47 Å². The predicted octanol–water partition coefficient (Wildman–Crippen LogP) is 9.31. The first-order valence-corrected chi connectivity index (χ1v) is 18.3. The molecule has 2 aliphatic rings. The highest BCUT2D eigenvalue weighted by atomic mass is 35.5. The van der Waals surface area contributed by atoms with Gasteiger partial charge in [0.15, 0.2) is 0 Å². The van der Waals surface area contributed by atoms with Gasteiger partial charge in [0, 0.05) is 34.3 Å². The molecule has 4 aromatic rings. The molecule has 0 aliphatic carbocycles. The summed E-state index contributed by atoms with van der Waals surface area (Å²) in [6.07, 6.45) is 7.49. The maximum absolute atomic E-state index is 14.0. The highest BCUT2D eigenvalue weighted by Crippen LogP contribution is 2.27. The number of amidine groups is 2. The second-order valence-electron chi connectivity index (χ2n) is 12.4. The molecule has 0 bridgehead atoms. The average molecular weight is 736 g/mol. The van der Waals surface area contributed by atoms with Crippen LogP contribution >= 0.6 is 23.2 Å². The average Bonchev–Trinajstić information content (AvgIpc) is 3.64. The smallest absolute Gasteiger partial charge is 0.278 e. The third-order valence-electron chi connectivity index (χ3n) is 8.54. The van der Waals surface area contributed by atoms with Crippen molar-refractivity contribution in [2.45, 2.75) is 39.5 Å². The highest BCUT2D eigenvalue weighted by molar-refractivity contribution is 6.31. The van der Waals surface area contributed by atoms with Gasteiger partial charge in [0.25, 0.3) is 11.8 Å². The Labute approximate surface area is 314 Å². The molecule has 0 saturated heterocycles. The second kappa shape index (κ2) is 17.4. The summed E-state index contributed by atoms with van der Waals surface area (Å²) in [7, 11) is 0. The lowest BCUT2D eigenvalue weighted by Gasteiger charge is -2.24. The van der Waals surface area contributed by atoms with Gasteiger partial charge in [0.05, 0.1) is 13.2 Å². The Morgan fingerprint density at radius 1 is 0.558 bits per heavy atom. The Hall–Kier alpha value is -5.18. The number of nitrogens with zero attached hydrogens (tertiary/aromatic N) is 4. The van der Waals surface area contributed by atoms with E-state index >= 15 is 0 Å². The minimum Gasteiger partial charge on any atom is -0.494 e. The zero-order valence-electron chi connectivity index (χ0n) is 29.2. The number of rotatable bonds is 15. The van der Waals surface area contributed by atoms with E-state index < -0.39 is 0 Å². The first-order chi connectivity index (χ1) is 25.3. The summed E-state index contributed by atoms with van der Waals surface area (Å²) in [6, 6.07) is 29.6. The Morgan fingerprint density at radius 3 is 1.27 bits per heavy atom. The monoisotopic (exact) mass is 734 g/mol. The number of carbonyl (C=O) groups is 2. The summed E-state index contributed by atoms with van der Waals surface area (Å²) in [5, 5.41) is 1.20. The summed E-state index contributed by atoms with van der Waals surface area (Å²) < 4.78 is 11.7. The molecule has 0 fully saturated rings. The van der Waals surface area contributed by atoms with Crippen molar-refractivity contribution in [1.29, 1.82) is 0 Å². The van der Waals surface area contributed by atoms with E-state index in [-0.39, 0.29) is 36.3 Å². The molecule has 8 nitrogen and oxygen atoms in total. The van der Waals surface area contributed by atoms with Crippen molar-refractivity contribution in [1.82, 2.24) is 9.80 Å². The predicted molar refractivity (Wildman–Crippen MR) is 209 cm³/mol. The number of halogens is 2. The zero-order valence-corrected chi connectivity index (χ0v) is 30.7. The number of benzene rings is 4. The van der Waals surface area contributed by atoms with Gasteiger partial charge in [0.1, 0.15) is 34.6 Å². The van der Waals surface area contributed by atoms with Gasteiger partial charge in [-0.2, -0.15) is 0 Å². The second-order valence-corrected chi connectivity index (χ2v) is 13.3. The molecule has 2 heterocycles. The van der Waals surface area contributed by atoms with Crippen molar-refractivity contribution >= 4 is 58.8 Å². The van der Waals surface area contributed by atoms with Crippen LogP contribution in [0, 0.1) is 0 Å². The molecule has 2 amide bonds. The lowest BCUT2D eigenvalue weighted by molar-refractivity contribution is -0.125. The number of aliphatic imine (C=N–C) groups is 2. The lowest BCUT2D eigenvalue weighted by Crippen LogP contribution is -2.42. The Morgan fingerprint density at radius 2 is 0.923 bits per heavy atom. The molecular weight excluding hydrogens is 695 g/mol. The standard InChI is InChI=1S/C42H40Cl2N4O4/c1-3-5-25-51-35-19-11-31(12-20-35)39-45-37(27-29-7-15-33(43)16-8-29)41(49)47(39)23-24-48-40(32-13-21-36(22-14-32)52-26-6-4-2)46-38(42(48)50)28-30-9-17-34(44)18-10-30/h7-22,27-28H,3-6,23-26H2,1-2H3/b37-27-,38-28+. The molecule has 0 radical (unpaired) electrons. The molecule has 266 valence electrons. The van der Waals surface area contributed by atoms with Crippen LogP contribution in [0.3, 0.4) is 0 Å². The van der Waals surface area contributed by atoms with Gasteiger partial charge in [0.2, 0.25) is 0 Å². The van der Waals surface area contributed by atoms with Crippen LogP contribution in [0.4, 0.5) is 0 Å². The fourth-order valence-corrected chi connectivity index (χ4v) is 5.91. The molecule has 0 spiro atoms. The lowest BCUT2D eigenvalue weighted by atomic mass is 10.1. The number of hydrogen-bond donors (Lipinski definition) is 0. The molecule has 0 unspecified atom stereocenters. The summed E-state index contributed by atoms with van der Waals surface area (Å²) in [5.74, 6) is 1.92. The van der Waals surface area contributed by atoms with E-state index in [4.69, 9.17) is 42.7 Å². The first kappa shape index (κ1) is 36.6. The van der Waals surface area contributed by atoms with E-state index in [1.807, 2.05) is 72.8 Å². The van der Waals surface area contributed by atoms with E-state index in [9.17, 15) is 9.59 Å². The van der Waals surface area contributed by atoms with Crippen molar-refractivity contribution in [2.75, 3.05) is 26.3 Å². The number of unbranched alkanes of at least 4 members (excludes halogenated alkanes) is 2. The topological polar surface area (TPSA) is 83.8 Å². The van der Waals surface area contributed by atoms with E-state index in [0.29, 0.717) is 34.9 Å². The molecule has 2 aliphatic heterocycles. The van der Waals surface area contributed by atoms with Crippen LogP contribution in [0.1, 0.15) is 61.8 Å².